The monoisotopic (exact) mass is 363 g/mol. The van der Waals surface area contributed by atoms with E-state index in [1.165, 1.54) is 6.20 Å². The van der Waals surface area contributed by atoms with Gasteiger partial charge in [0.05, 0.1) is 24.1 Å². The molecule has 0 fully saturated rings. The van der Waals surface area contributed by atoms with Crippen LogP contribution in [-0.4, -0.2) is 31.2 Å². The molecular weight excluding hydrogens is 342 g/mol. The lowest BCUT2D eigenvalue weighted by Crippen LogP contribution is -2.27. The molecule has 3 aromatic rings. The van der Waals surface area contributed by atoms with E-state index >= 15 is 0 Å². The molecule has 0 bridgehead atoms. The maximum atomic E-state index is 12.1. The molecule has 3 rings (SSSR count). The SMILES string of the molecule is COCCNC(=O)c1cncc(Nc2ccc(Oc3ccccc3)cc2)c1. The van der Waals surface area contributed by atoms with Crippen molar-refractivity contribution in [3.8, 4) is 11.5 Å². The minimum atomic E-state index is -0.185. The van der Waals surface area contributed by atoms with E-state index in [0.717, 1.165) is 22.9 Å². The average molecular weight is 363 g/mol. The number of methoxy groups -OCH3 is 1. The van der Waals surface area contributed by atoms with Crippen molar-refractivity contribution in [2.45, 2.75) is 0 Å². The molecule has 0 radical (unpaired) electrons. The highest BCUT2D eigenvalue weighted by molar-refractivity contribution is 5.94. The van der Waals surface area contributed by atoms with Crippen molar-refractivity contribution in [3.63, 3.8) is 0 Å². The second-order valence-corrected chi connectivity index (χ2v) is 5.78. The van der Waals surface area contributed by atoms with Crippen LogP contribution in [0, 0.1) is 0 Å². The van der Waals surface area contributed by atoms with E-state index in [9.17, 15) is 4.79 Å². The summed E-state index contributed by atoms with van der Waals surface area (Å²) in [5.41, 5.74) is 2.08. The van der Waals surface area contributed by atoms with Crippen molar-refractivity contribution in [1.29, 1.82) is 0 Å². The van der Waals surface area contributed by atoms with Gasteiger partial charge in [0, 0.05) is 25.5 Å². The van der Waals surface area contributed by atoms with Crippen LogP contribution in [0.3, 0.4) is 0 Å². The number of nitrogens with zero attached hydrogens (tertiary/aromatic N) is 1. The van der Waals surface area contributed by atoms with Crippen LogP contribution >= 0.6 is 0 Å². The fourth-order valence-electron chi connectivity index (χ4n) is 2.40. The van der Waals surface area contributed by atoms with Gasteiger partial charge >= 0.3 is 0 Å². The van der Waals surface area contributed by atoms with E-state index in [2.05, 4.69) is 15.6 Å². The summed E-state index contributed by atoms with van der Waals surface area (Å²) < 4.78 is 10.7. The molecule has 0 aliphatic rings. The molecule has 1 aromatic heterocycles. The summed E-state index contributed by atoms with van der Waals surface area (Å²) in [5.74, 6) is 1.35. The Labute approximate surface area is 158 Å². The minimum absolute atomic E-state index is 0.185. The van der Waals surface area contributed by atoms with Crippen LogP contribution < -0.4 is 15.4 Å². The quantitative estimate of drug-likeness (QED) is 0.592. The highest BCUT2D eigenvalue weighted by Gasteiger charge is 2.07. The van der Waals surface area contributed by atoms with E-state index in [-0.39, 0.29) is 5.91 Å². The Bertz CT molecular complexity index is 867. The van der Waals surface area contributed by atoms with Crippen LogP contribution in [-0.2, 0) is 4.74 Å². The molecule has 0 unspecified atom stereocenters. The number of para-hydroxylation sites is 1. The summed E-state index contributed by atoms with van der Waals surface area (Å²) in [5, 5.41) is 6.01. The Morgan fingerprint density at radius 2 is 1.70 bits per heavy atom. The van der Waals surface area contributed by atoms with Crippen LogP contribution in [0.2, 0.25) is 0 Å². The number of rotatable bonds is 8. The van der Waals surface area contributed by atoms with E-state index < -0.39 is 0 Å². The first-order valence-electron chi connectivity index (χ1n) is 8.57. The molecule has 0 atom stereocenters. The van der Waals surface area contributed by atoms with Gasteiger partial charge in [0.1, 0.15) is 11.5 Å². The second kappa shape index (κ2) is 9.35. The highest BCUT2D eigenvalue weighted by atomic mass is 16.5. The van der Waals surface area contributed by atoms with Gasteiger partial charge in [-0.05, 0) is 42.5 Å². The summed E-state index contributed by atoms with van der Waals surface area (Å²) in [7, 11) is 1.59. The third kappa shape index (κ3) is 5.55. The lowest BCUT2D eigenvalue weighted by Gasteiger charge is -2.10. The number of carbonyl (C=O) groups is 1. The number of benzene rings is 2. The van der Waals surface area contributed by atoms with Gasteiger partial charge in [-0.1, -0.05) is 18.2 Å². The zero-order valence-electron chi connectivity index (χ0n) is 15.0. The third-order valence-corrected chi connectivity index (χ3v) is 3.71. The van der Waals surface area contributed by atoms with Gasteiger partial charge in [-0.2, -0.15) is 0 Å². The van der Waals surface area contributed by atoms with Crippen LogP contribution in [0.15, 0.2) is 73.1 Å². The topological polar surface area (TPSA) is 72.5 Å². The normalized spacial score (nSPS) is 10.3. The van der Waals surface area contributed by atoms with Gasteiger partial charge in [-0.3, -0.25) is 9.78 Å². The summed E-state index contributed by atoms with van der Waals surface area (Å²) in [6.07, 6.45) is 3.20. The molecule has 0 spiro atoms. The number of carbonyl (C=O) groups excluding carboxylic acids is 1. The number of amides is 1. The summed E-state index contributed by atoms with van der Waals surface area (Å²) >= 11 is 0. The van der Waals surface area contributed by atoms with Gasteiger partial charge < -0.3 is 20.1 Å². The number of anilines is 2. The largest absolute Gasteiger partial charge is 0.457 e. The van der Waals surface area contributed by atoms with Gasteiger partial charge in [-0.25, -0.2) is 0 Å². The van der Waals surface area contributed by atoms with Gasteiger partial charge in [-0.15, -0.1) is 0 Å². The number of hydrogen-bond donors (Lipinski definition) is 2. The number of hydrogen-bond acceptors (Lipinski definition) is 5. The molecule has 6 heteroatoms. The standard InChI is InChI=1S/C21H21N3O3/c1-26-12-11-23-21(25)16-13-18(15-22-14-16)24-17-7-9-20(10-8-17)27-19-5-3-2-4-6-19/h2-10,13-15,24H,11-12H2,1H3,(H,23,25). The zero-order chi connectivity index (χ0) is 18.9. The molecule has 2 N–H and O–H groups in total. The molecular formula is C21H21N3O3. The molecule has 0 saturated carbocycles. The molecule has 0 aliphatic heterocycles. The number of nitrogens with one attached hydrogen (secondary N) is 2. The average Bonchev–Trinajstić information content (AvgIpc) is 2.71. The molecule has 1 heterocycles. The first-order chi connectivity index (χ1) is 13.2. The number of ether oxygens (including phenoxy) is 2. The van der Waals surface area contributed by atoms with Gasteiger partial charge in [0.25, 0.3) is 5.91 Å². The Hall–Kier alpha value is -3.38. The van der Waals surface area contributed by atoms with Crippen LogP contribution in [0.25, 0.3) is 0 Å². The van der Waals surface area contributed by atoms with Crippen molar-refractivity contribution in [3.05, 3.63) is 78.6 Å². The molecule has 138 valence electrons. The highest BCUT2D eigenvalue weighted by Crippen LogP contribution is 2.24. The van der Waals surface area contributed by atoms with Crippen molar-refractivity contribution < 1.29 is 14.3 Å². The molecule has 0 aliphatic carbocycles. The van der Waals surface area contributed by atoms with Crippen molar-refractivity contribution in [2.24, 2.45) is 0 Å². The number of pyridine rings is 1. The molecule has 2 aromatic carbocycles. The maximum absolute atomic E-state index is 12.1. The number of aromatic nitrogens is 1. The van der Waals surface area contributed by atoms with E-state index in [1.54, 1.807) is 19.4 Å². The second-order valence-electron chi connectivity index (χ2n) is 5.78. The summed E-state index contributed by atoms with van der Waals surface area (Å²) in [6.45, 7) is 0.921. The van der Waals surface area contributed by atoms with E-state index in [1.807, 2.05) is 54.6 Å². The predicted molar refractivity (Wildman–Crippen MR) is 105 cm³/mol. The Morgan fingerprint density at radius 1 is 0.963 bits per heavy atom. The van der Waals surface area contributed by atoms with Crippen molar-refractivity contribution in [2.75, 3.05) is 25.6 Å². The zero-order valence-corrected chi connectivity index (χ0v) is 15.0. The van der Waals surface area contributed by atoms with Crippen LogP contribution in [0.1, 0.15) is 10.4 Å². The van der Waals surface area contributed by atoms with Crippen LogP contribution in [0.5, 0.6) is 11.5 Å². The maximum Gasteiger partial charge on any atom is 0.253 e. The molecule has 27 heavy (non-hydrogen) atoms. The van der Waals surface area contributed by atoms with Gasteiger partial charge in [0.15, 0.2) is 0 Å². The van der Waals surface area contributed by atoms with Gasteiger partial charge in [0.2, 0.25) is 0 Å². The van der Waals surface area contributed by atoms with E-state index in [0.29, 0.717) is 18.7 Å². The predicted octanol–water partition coefficient (Wildman–Crippen LogP) is 3.99. The first kappa shape index (κ1) is 18.4. The molecule has 0 saturated heterocycles. The van der Waals surface area contributed by atoms with Crippen LogP contribution in [0.4, 0.5) is 11.4 Å². The van der Waals surface area contributed by atoms with Crippen molar-refractivity contribution >= 4 is 17.3 Å². The lowest BCUT2D eigenvalue weighted by molar-refractivity contribution is 0.0937. The van der Waals surface area contributed by atoms with E-state index in [4.69, 9.17) is 9.47 Å². The fourth-order valence-corrected chi connectivity index (χ4v) is 2.40. The third-order valence-electron chi connectivity index (χ3n) is 3.71. The Morgan fingerprint density at radius 3 is 2.44 bits per heavy atom. The fraction of sp³-hybridized carbons (Fsp3) is 0.143. The molecule has 1 amide bonds. The summed E-state index contributed by atoms with van der Waals surface area (Å²) in [4.78, 5) is 16.2. The van der Waals surface area contributed by atoms with Crippen molar-refractivity contribution in [1.82, 2.24) is 10.3 Å². The minimum Gasteiger partial charge on any atom is -0.457 e. The Balaban J connectivity index is 1.61. The molecule has 6 nitrogen and oxygen atoms in total. The first-order valence-corrected chi connectivity index (χ1v) is 8.57. The lowest BCUT2D eigenvalue weighted by atomic mass is 10.2. The Kier molecular flexibility index (Phi) is 6.38. The summed E-state index contributed by atoms with van der Waals surface area (Å²) in [6, 6.07) is 18.9. The smallest absolute Gasteiger partial charge is 0.253 e.